The van der Waals surface area contributed by atoms with E-state index in [2.05, 4.69) is 88.4 Å². The van der Waals surface area contributed by atoms with Gasteiger partial charge >= 0.3 is 178 Å². The first-order valence-electron chi connectivity index (χ1n) is 10.3. The molecule has 3 aliphatic rings. The summed E-state index contributed by atoms with van der Waals surface area (Å²) >= 11 is -2.12. The number of hydrogen-bond donors (Lipinski definition) is 0. The van der Waals surface area contributed by atoms with Crippen LogP contribution in [0.1, 0.15) is 52.6 Å². The summed E-state index contributed by atoms with van der Waals surface area (Å²) in [6.45, 7) is 9.03. The van der Waals surface area contributed by atoms with Crippen molar-refractivity contribution < 1.29 is 34.2 Å². The van der Waals surface area contributed by atoms with Crippen molar-refractivity contribution in [3.63, 3.8) is 0 Å². The molecule has 3 aliphatic carbocycles. The van der Waals surface area contributed by atoms with E-state index in [1.165, 1.54) is 46.2 Å². The van der Waals surface area contributed by atoms with Gasteiger partial charge in [-0.1, -0.05) is 0 Å². The van der Waals surface area contributed by atoms with Gasteiger partial charge in [0.2, 0.25) is 0 Å². The quantitative estimate of drug-likeness (QED) is 0.612. The topological polar surface area (TPSA) is 0 Å². The van der Waals surface area contributed by atoms with Gasteiger partial charge in [0.25, 0.3) is 0 Å². The van der Waals surface area contributed by atoms with E-state index in [4.69, 9.17) is 0 Å². The van der Waals surface area contributed by atoms with Crippen LogP contribution in [0.25, 0.3) is 11.1 Å². The van der Waals surface area contributed by atoms with E-state index in [-0.39, 0.29) is 12.4 Å². The monoisotopic (exact) mass is 476 g/mol. The summed E-state index contributed by atoms with van der Waals surface area (Å²) in [6, 6.07) is 14.3. The van der Waals surface area contributed by atoms with Gasteiger partial charge < -0.3 is 12.4 Å². The van der Waals surface area contributed by atoms with Crippen molar-refractivity contribution in [2.45, 2.75) is 44.2 Å². The van der Waals surface area contributed by atoms with E-state index in [1.54, 1.807) is 17.7 Å². The third-order valence-electron chi connectivity index (χ3n) is 6.40. The van der Waals surface area contributed by atoms with Crippen molar-refractivity contribution in [1.82, 2.24) is 0 Å². The number of benzene rings is 2. The summed E-state index contributed by atoms with van der Waals surface area (Å²) < 4.78 is 4.17. The van der Waals surface area contributed by atoms with Crippen molar-refractivity contribution in [3.8, 4) is 11.1 Å². The van der Waals surface area contributed by atoms with Crippen LogP contribution < -0.4 is 12.4 Å². The van der Waals surface area contributed by atoms with E-state index in [1.807, 2.05) is 0 Å². The molecule has 5 rings (SSSR count). The fourth-order valence-corrected chi connectivity index (χ4v) is 14.1. The summed E-state index contributed by atoms with van der Waals surface area (Å²) in [4.78, 5) is 0. The molecule has 0 aromatic heterocycles. The smallest absolute Gasteiger partial charge is 1.00 e. The maximum absolute atomic E-state index is 2.53. The van der Waals surface area contributed by atoms with Crippen molar-refractivity contribution in [2.75, 3.05) is 0 Å². The second kappa shape index (κ2) is 8.01. The summed E-state index contributed by atoms with van der Waals surface area (Å²) in [5, 5.41) is 0. The minimum Gasteiger partial charge on any atom is -1.00 e. The van der Waals surface area contributed by atoms with E-state index in [0.29, 0.717) is 3.63 Å². The van der Waals surface area contributed by atoms with Gasteiger partial charge in [0.05, 0.1) is 0 Å². The van der Waals surface area contributed by atoms with Gasteiger partial charge in [-0.15, -0.1) is 0 Å². The second-order valence-corrected chi connectivity index (χ2v) is 15.3. The molecule has 0 amide bonds. The first-order chi connectivity index (χ1) is 13.5. The fraction of sp³-hybridized carbons (Fsp3) is 0.259. The van der Waals surface area contributed by atoms with E-state index in [0.717, 1.165) is 0 Å². The third-order valence-corrected chi connectivity index (χ3v) is 14.5. The van der Waals surface area contributed by atoms with Crippen LogP contribution in [0.5, 0.6) is 0 Å². The van der Waals surface area contributed by atoms with E-state index >= 15 is 0 Å². The summed E-state index contributed by atoms with van der Waals surface area (Å²) in [6.07, 6.45) is 12.3. The molecule has 146 valence electrons. The van der Waals surface area contributed by atoms with Crippen LogP contribution in [-0.4, -0.2) is 0 Å². The molecule has 29 heavy (non-hydrogen) atoms. The molecule has 2 aromatic carbocycles. The van der Waals surface area contributed by atoms with Gasteiger partial charge in [0, 0.05) is 0 Å². The van der Waals surface area contributed by atoms with Crippen LogP contribution in [0.15, 0.2) is 78.4 Å². The van der Waals surface area contributed by atoms with Crippen LogP contribution >= 0.6 is 0 Å². The molecule has 0 heterocycles. The molecule has 0 nitrogen and oxygen atoms in total. The molecule has 0 atom stereocenters. The van der Waals surface area contributed by atoms with Gasteiger partial charge in [-0.3, -0.25) is 0 Å². The number of allylic oxidation sites excluding steroid dienone is 8. The maximum Gasteiger partial charge on any atom is -1.00 e. The van der Waals surface area contributed by atoms with Crippen molar-refractivity contribution in [1.29, 1.82) is 0 Å². The zero-order valence-corrected chi connectivity index (χ0v) is 20.9. The predicted molar refractivity (Wildman–Crippen MR) is 116 cm³/mol. The number of fused-ring (bicyclic) bond motifs is 3. The molecule has 0 saturated carbocycles. The Labute approximate surface area is 189 Å². The van der Waals surface area contributed by atoms with Crippen LogP contribution in [0.3, 0.4) is 0 Å². The molecule has 0 saturated heterocycles. The molecule has 2 aromatic rings. The van der Waals surface area contributed by atoms with Crippen molar-refractivity contribution >= 4 is 0 Å². The molecule has 0 radical (unpaired) electrons. The summed E-state index contributed by atoms with van der Waals surface area (Å²) in [7, 11) is 0. The Bertz CT molecular complexity index is 1030. The summed E-state index contributed by atoms with van der Waals surface area (Å²) in [5.41, 5.74) is 11.9. The second-order valence-electron chi connectivity index (χ2n) is 8.67. The van der Waals surface area contributed by atoms with E-state index < -0.39 is 21.8 Å². The molecule has 0 aliphatic heterocycles. The average Bonchev–Trinajstić information content (AvgIpc) is 3.35. The van der Waals surface area contributed by atoms with Gasteiger partial charge in [0.15, 0.2) is 0 Å². The number of aryl methyl sites for hydroxylation is 2. The molecule has 0 N–H and O–H groups in total. The molecule has 2 heteroatoms. The molecule has 0 unspecified atom stereocenters. The fourth-order valence-electron chi connectivity index (χ4n) is 5.09. The number of halogens is 1. The van der Waals surface area contributed by atoms with E-state index in [9.17, 15) is 0 Å². The van der Waals surface area contributed by atoms with Crippen LogP contribution in [0.4, 0.5) is 0 Å². The number of rotatable bonds is 3. The first-order valence-corrected chi connectivity index (χ1v) is 14.2. The third kappa shape index (κ3) is 3.62. The Morgan fingerprint density at radius 3 is 1.52 bits per heavy atom. The minimum absolute atomic E-state index is 0. The summed E-state index contributed by atoms with van der Waals surface area (Å²) in [5.74, 6) is 0. The maximum atomic E-state index is 2.53. The molecule has 0 bridgehead atoms. The van der Waals surface area contributed by atoms with Crippen LogP contribution in [-0.2, 0) is 21.8 Å². The Balaban J connectivity index is 0.00000205. The van der Waals surface area contributed by atoms with Gasteiger partial charge in [-0.2, -0.15) is 0 Å². The van der Waals surface area contributed by atoms with Crippen LogP contribution in [0, 0.1) is 13.8 Å². The Morgan fingerprint density at radius 1 is 0.690 bits per heavy atom. The van der Waals surface area contributed by atoms with Gasteiger partial charge in [-0.25, -0.2) is 0 Å². The zero-order valence-electron chi connectivity index (χ0n) is 17.6. The molecule has 0 spiro atoms. The van der Waals surface area contributed by atoms with Crippen molar-refractivity contribution in [2.24, 2.45) is 0 Å². The van der Waals surface area contributed by atoms with Gasteiger partial charge in [0.1, 0.15) is 0 Å². The molecular weight excluding hydrogens is 451 g/mol. The van der Waals surface area contributed by atoms with Crippen LogP contribution in [0.2, 0.25) is 0 Å². The minimum atomic E-state index is -2.12. The largest absolute Gasteiger partial charge is 1.00 e. The SMILES string of the molecule is CC1=CC[C]([Zr+]([C]2=CC(C)=CC2)[CH]2c3cc(C)ccc3-c3ccc(C)cc32)=C1.[Cl-]. The predicted octanol–water partition coefficient (Wildman–Crippen LogP) is 4.46. The Kier molecular flexibility index (Phi) is 5.75. The number of hydrogen-bond acceptors (Lipinski definition) is 0. The van der Waals surface area contributed by atoms with Gasteiger partial charge in [-0.05, 0) is 0 Å². The van der Waals surface area contributed by atoms with Crippen molar-refractivity contribution in [3.05, 3.63) is 101 Å². The average molecular weight is 478 g/mol. The standard InChI is InChI=1S/C15H13.2C6H7.ClH.Zr/c1-10-3-5-14-12(7-10)9-13-8-11(2)4-6-15(13)14;2*1-6-4-2-3-5-6;;/h3-9H,1-2H3;2*4-5H,2H2,1H3;1H;/q;;;;+1/p-1. The zero-order chi connectivity index (χ0) is 19.4. The molecule has 0 fully saturated rings. The Hall–Kier alpha value is -1.43. The normalized spacial score (nSPS) is 17.1. The Morgan fingerprint density at radius 2 is 1.14 bits per heavy atom. The first kappa shape index (κ1) is 20.8. The molecular formula is C27H27ClZr.